The quantitative estimate of drug-likeness (QED) is 0.119. The lowest BCUT2D eigenvalue weighted by molar-refractivity contribution is 0.301. The third-order valence-corrected chi connectivity index (χ3v) is 10.8. The van der Waals surface area contributed by atoms with E-state index in [4.69, 9.17) is 0 Å². The van der Waals surface area contributed by atoms with Crippen LogP contribution in [-0.4, -0.2) is 36.7 Å². The zero-order chi connectivity index (χ0) is 21.5. The van der Waals surface area contributed by atoms with Gasteiger partial charge in [-0.15, -0.1) is 0 Å². The van der Waals surface area contributed by atoms with E-state index in [1.807, 2.05) is 0 Å². The molecule has 0 aromatic rings. The van der Waals surface area contributed by atoms with Gasteiger partial charge in [-0.3, -0.25) is 0 Å². The summed E-state index contributed by atoms with van der Waals surface area (Å²) >= 11 is 0. The van der Waals surface area contributed by atoms with Crippen molar-refractivity contribution in [2.75, 3.05) is 31.6 Å². The van der Waals surface area contributed by atoms with Crippen molar-refractivity contribution in [1.82, 2.24) is 5.09 Å². The number of nitrogens with one attached hydrogen (secondary N) is 1. The normalized spacial score (nSPS) is 12.0. The Morgan fingerprint density at radius 3 is 1.10 bits per heavy atom. The van der Waals surface area contributed by atoms with E-state index >= 15 is 0 Å². The van der Waals surface area contributed by atoms with Crippen LogP contribution < -0.4 is 5.09 Å². The van der Waals surface area contributed by atoms with Crippen molar-refractivity contribution in [1.29, 1.82) is 0 Å². The molecule has 0 saturated heterocycles. The molecule has 0 fully saturated rings. The predicted octanol–water partition coefficient (Wildman–Crippen LogP) is 8.58. The Morgan fingerprint density at radius 1 is 0.483 bits per heavy atom. The fraction of sp³-hybridized carbons (Fsp3) is 1.00. The van der Waals surface area contributed by atoms with Crippen molar-refractivity contribution in [3.63, 3.8) is 0 Å². The second kappa shape index (κ2) is 23.0. The van der Waals surface area contributed by atoms with Crippen molar-refractivity contribution in [2.45, 2.75) is 136 Å². The molecule has 29 heavy (non-hydrogen) atoms. The van der Waals surface area contributed by atoms with E-state index < -0.39 is 7.41 Å². The molecule has 0 aromatic heterocycles. The lowest BCUT2D eigenvalue weighted by Gasteiger charge is -2.28. The molecule has 0 aliphatic carbocycles. The van der Waals surface area contributed by atoms with Gasteiger partial charge in [0.15, 0.2) is 0 Å². The summed E-state index contributed by atoms with van der Waals surface area (Å²) in [7, 11) is -1.09. The van der Waals surface area contributed by atoms with Gasteiger partial charge in [0.25, 0.3) is 0 Å². The van der Waals surface area contributed by atoms with Crippen LogP contribution in [0.25, 0.3) is 0 Å². The van der Waals surface area contributed by atoms with E-state index in [2.05, 4.69) is 25.9 Å². The summed E-state index contributed by atoms with van der Waals surface area (Å²) in [5.74, 6) is 0. The molecule has 0 radical (unpaired) electrons. The molecule has 0 rings (SSSR count). The Balaban J connectivity index is 4.52. The van der Waals surface area contributed by atoms with Gasteiger partial charge in [0, 0.05) is 0 Å². The lowest BCUT2D eigenvalue weighted by atomic mass is 10.1. The second-order valence-corrected chi connectivity index (χ2v) is 13.2. The molecule has 0 heterocycles. The Bertz CT molecular complexity index is 270. The Morgan fingerprint density at radius 2 is 0.793 bits per heavy atom. The third kappa shape index (κ3) is 18.8. The van der Waals surface area contributed by atoms with E-state index in [-0.39, 0.29) is 0 Å². The largest absolute Gasteiger partial charge is 0.395 e. The summed E-state index contributed by atoms with van der Waals surface area (Å²) in [6.45, 7) is 8.02. The Labute approximate surface area is 185 Å². The third-order valence-electron chi connectivity index (χ3n) is 6.38. The standard InChI is InChI=1S/C26H57NOP/c1-4-7-10-13-16-19-24-29(27-22-23-28,25-20-17-14-11-8-5-2)26-21-18-15-12-9-6-3/h27-28H,4-26H2,1-3H3/q+1. The molecule has 3 heteroatoms. The molecule has 0 atom stereocenters. The van der Waals surface area contributed by atoms with Gasteiger partial charge in [0.2, 0.25) is 0 Å². The van der Waals surface area contributed by atoms with Crippen LogP contribution in [-0.2, 0) is 0 Å². The van der Waals surface area contributed by atoms with Gasteiger partial charge in [-0.05, 0) is 38.5 Å². The summed E-state index contributed by atoms with van der Waals surface area (Å²) in [6.07, 6.45) is 29.4. The minimum Gasteiger partial charge on any atom is -0.395 e. The van der Waals surface area contributed by atoms with Crippen LogP contribution in [0.1, 0.15) is 136 Å². The topological polar surface area (TPSA) is 32.3 Å². The van der Waals surface area contributed by atoms with Crippen LogP contribution in [0.5, 0.6) is 0 Å². The first-order valence-corrected chi connectivity index (χ1v) is 15.8. The number of unbranched alkanes of at least 4 members (excludes halogenated alkanes) is 15. The molecule has 0 aromatic carbocycles. The van der Waals surface area contributed by atoms with Crippen molar-refractivity contribution >= 4 is 7.41 Å². The second-order valence-electron chi connectivity index (χ2n) is 9.25. The van der Waals surface area contributed by atoms with Crippen molar-refractivity contribution in [3.8, 4) is 0 Å². The molecule has 0 aliphatic rings. The molecule has 0 amide bonds. The van der Waals surface area contributed by atoms with Crippen LogP contribution in [0.3, 0.4) is 0 Å². The van der Waals surface area contributed by atoms with Gasteiger partial charge < -0.3 is 5.11 Å². The Hall–Kier alpha value is 0.350. The minimum atomic E-state index is -1.09. The van der Waals surface area contributed by atoms with Gasteiger partial charge in [-0.25, -0.2) is 0 Å². The van der Waals surface area contributed by atoms with E-state index in [9.17, 15) is 5.11 Å². The highest BCUT2D eigenvalue weighted by molar-refractivity contribution is 7.74. The average Bonchev–Trinajstić information content (AvgIpc) is 2.74. The van der Waals surface area contributed by atoms with Gasteiger partial charge in [-0.2, -0.15) is 5.09 Å². The molecule has 2 N–H and O–H groups in total. The maximum atomic E-state index is 9.49. The molecule has 0 saturated carbocycles. The van der Waals surface area contributed by atoms with Crippen LogP contribution in [0.2, 0.25) is 0 Å². The summed E-state index contributed by atoms with van der Waals surface area (Å²) < 4.78 is 0. The summed E-state index contributed by atoms with van der Waals surface area (Å²) in [5.41, 5.74) is 0. The van der Waals surface area contributed by atoms with Crippen molar-refractivity contribution < 1.29 is 5.11 Å². The summed E-state index contributed by atoms with van der Waals surface area (Å²) in [5, 5.41) is 13.4. The maximum Gasteiger partial charge on any atom is 0.0800 e. The first-order valence-electron chi connectivity index (χ1n) is 13.5. The van der Waals surface area contributed by atoms with E-state index in [1.165, 1.54) is 134 Å². The smallest absolute Gasteiger partial charge is 0.0800 e. The van der Waals surface area contributed by atoms with Gasteiger partial charge in [-0.1, -0.05) is 97.8 Å². The molecule has 0 spiro atoms. The fourth-order valence-corrected chi connectivity index (χ4v) is 8.65. The minimum absolute atomic E-state index is 0.297. The molecular formula is C26H57NOP+. The highest BCUT2D eigenvalue weighted by Crippen LogP contribution is 2.56. The summed E-state index contributed by atoms with van der Waals surface area (Å²) in [4.78, 5) is 0. The van der Waals surface area contributed by atoms with Crippen molar-refractivity contribution in [2.24, 2.45) is 0 Å². The monoisotopic (exact) mass is 430 g/mol. The van der Waals surface area contributed by atoms with Gasteiger partial charge >= 0.3 is 0 Å². The van der Waals surface area contributed by atoms with E-state index in [0.29, 0.717) is 6.61 Å². The molecular weight excluding hydrogens is 373 g/mol. The molecule has 0 unspecified atom stereocenters. The van der Waals surface area contributed by atoms with E-state index in [0.717, 1.165) is 6.54 Å². The average molecular weight is 431 g/mol. The molecule has 176 valence electrons. The predicted molar refractivity (Wildman–Crippen MR) is 137 cm³/mol. The molecule has 0 bridgehead atoms. The molecule has 2 nitrogen and oxygen atoms in total. The fourth-order valence-electron chi connectivity index (χ4n) is 4.44. The van der Waals surface area contributed by atoms with Crippen LogP contribution in [0, 0.1) is 0 Å². The van der Waals surface area contributed by atoms with Crippen LogP contribution >= 0.6 is 7.41 Å². The summed E-state index contributed by atoms with van der Waals surface area (Å²) in [6, 6.07) is 0. The highest BCUT2D eigenvalue weighted by Gasteiger charge is 2.35. The first kappa shape index (κ1) is 29.4. The first-order chi connectivity index (χ1) is 14.2. The van der Waals surface area contributed by atoms with Crippen LogP contribution in [0.4, 0.5) is 0 Å². The number of aliphatic hydroxyl groups is 1. The number of hydrogen-bond donors (Lipinski definition) is 2. The lowest BCUT2D eigenvalue weighted by Crippen LogP contribution is -2.27. The van der Waals surface area contributed by atoms with Gasteiger partial charge in [0.1, 0.15) is 0 Å². The Kier molecular flexibility index (Phi) is 23.3. The maximum absolute atomic E-state index is 9.49. The SMILES string of the molecule is CCCCCCCC[P+](CCCCCCCC)(CCCCCCCC)NCCO. The van der Waals surface area contributed by atoms with Gasteiger partial charge in [0.05, 0.1) is 39.1 Å². The van der Waals surface area contributed by atoms with E-state index in [1.54, 1.807) is 0 Å². The highest BCUT2D eigenvalue weighted by atomic mass is 31.2. The van der Waals surface area contributed by atoms with Crippen molar-refractivity contribution in [3.05, 3.63) is 0 Å². The number of rotatable bonds is 24. The molecule has 0 aliphatic heterocycles. The number of aliphatic hydroxyl groups excluding tert-OH is 1. The zero-order valence-corrected chi connectivity index (χ0v) is 21.6. The van der Waals surface area contributed by atoms with Crippen LogP contribution in [0.15, 0.2) is 0 Å². The zero-order valence-electron chi connectivity index (χ0n) is 20.7. The number of hydrogen-bond acceptors (Lipinski definition) is 2.